The molecule has 0 amide bonds. The number of rotatable bonds is 5. The lowest BCUT2D eigenvalue weighted by atomic mass is 10.1. The van der Waals surface area contributed by atoms with Gasteiger partial charge in [-0.3, -0.25) is 0 Å². The Morgan fingerprint density at radius 2 is 1.86 bits per heavy atom. The van der Waals surface area contributed by atoms with Gasteiger partial charge in [0.1, 0.15) is 18.1 Å². The van der Waals surface area contributed by atoms with Crippen molar-refractivity contribution >= 4 is 10.9 Å². The van der Waals surface area contributed by atoms with Crippen LogP contribution in [0.3, 0.4) is 0 Å². The molecule has 4 heteroatoms. The molecule has 0 fully saturated rings. The summed E-state index contributed by atoms with van der Waals surface area (Å²) >= 11 is 0. The molecule has 0 aliphatic rings. The lowest BCUT2D eigenvalue weighted by Crippen LogP contribution is -2.01. The Labute approximate surface area is 130 Å². The van der Waals surface area contributed by atoms with E-state index in [0.29, 0.717) is 13.2 Å². The van der Waals surface area contributed by atoms with Crippen LogP contribution in [0.2, 0.25) is 0 Å². The number of fused-ring (bicyclic) bond motifs is 1. The smallest absolute Gasteiger partial charge is 0.128 e. The van der Waals surface area contributed by atoms with Crippen LogP contribution in [0.1, 0.15) is 11.3 Å². The zero-order valence-corrected chi connectivity index (χ0v) is 12.9. The first-order chi connectivity index (χ1) is 10.7. The number of aromatic nitrogens is 1. The summed E-state index contributed by atoms with van der Waals surface area (Å²) in [7, 11) is 3.70. The zero-order valence-electron chi connectivity index (χ0n) is 12.9. The predicted molar refractivity (Wildman–Crippen MR) is 88.1 cm³/mol. The van der Waals surface area contributed by atoms with Crippen LogP contribution in [0.25, 0.3) is 10.9 Å². The van der Waals surface area contributed by atoms with E-state index in [0.717, 1.165) is 22.8 Å². The molecule has 2 aromatic carbocycles. The van der Waals surface area contributed by atoms with E-state index in [4.69, 9.17) is 15.2 Å². The molecule has 4 nitrogen and oxygen atoms in total. The Balaban J connectivity index is 1.82. The van der Waals surface area contributed by atoms with E-state index >= 15 is 0 Å². The number of aryl methyl sites for hydroxylation is 1. The molecule has 0 saturated heterocycles. The summed E-state index contributed by atoms with van der Waals surface area (Å²) in [5.41, 5.74) is 9.14. The van der Waals surface area contributed by atoms with Gasteiger partial charge in [-0.1, -0.05) is 12.1 Å². The summed E-state index contributed by atoms with van der Waals surface area (Å²) in [6.45, 7) is 1.07. The Hall–Kier alpha value is -2.46. The molecule has 0 saturated carbocycles. The van der Waals surface area contributed by atoms with E-state index < -0.39 is 0 Å². The number of ether oxygens (including phenoxy) is 2. The third-order valence-corrected chi connectivity index (χ3v) is 3.87. The van der Waals surface area contributed by atoms with Crippen molar-refractivity contribution in [3.05, 3.63) is 59.8 Å². The fourth-order valence-electron chi connectivity index (χ4n) is 2.57. The van der Waals surface area contributed by atoms with E-state index in [1.165, 1.54) is 10.9 Å². The van der Waals surface area contributed by atoms with Crippen molar-refractivity contribution in [2.75, 3.05) is 7.11 Å². The molecule has 1 heterocycles. The van der Waals surface area contributed by atoms with E-state index in [-0.39, 0.29) is 0 Å². The van der Waals surface area contributed by atoms with Crippen LogP contribution >= 0.6 is 0 Å². The van der Waals surface area contributed by atoms with Crippen LogP contribution in [-0.2, 0) is 20.2 Å². The predicted octanol–water partition coefficient (Wildman–Crippen LogP) is 3.22. The second kappa shape index (κ2) is 6.12. The highest BCUT2D eigenvalue weighted by Crippen LogP contribution is 2.23. The highest BCUT2D eigenvalue weighted by Gasteiger charge is 2.07. The average Bonchev–Trinajstić information content (AvgIpc) is 2.88. The van der Waals surface area contributed by atoms with Gasteiger partial charge in [-0.25, -0.2) is 0 Å². The van der Waals surface area contributed by atoms with Crippen molar-refractivity contribution in [3.8, 4) is 11.5 Å². The number of hydrogen-bond acceptors (Lipinski definition) is 3. The number of hydrogen-bond donors (Lipinski definition) is 1. The second-order valence-corrected chi connectivity index (χ2v) is 5.26. The number of nitrogens with zero attached hydrogens (tertiary/aromatic N) is 1. The van der Waals surface area contributed by atoms with Crippen molar-refractivity contribution in [2.45, 2.75) is 13.2 Å². The Morgan fingerprint density at radius 3 is 2.64 bits per heavy atom. The molecular formula is C18H20N2O2. The standard InChI is InChI=1S/C18H20N2O2/c1-20-15(9-14-8-13(11-19)6-7-18(14)20)12-22-17-5-3-4-16(10-17)21-2/h3-10H,11-12,19H2,1-2H3. The molecule has 0 atom stereocenters. The van der Waals surface area contributed by atoms with Gasteiger partial charge in [-0.05, 0) is 35.9 Å². The summed E-state index contributed by atoms with van der Waals surface area (Å²) < 4.78 is 13.2. The molecule has 2 N–H and O–H groups in total. The summed E-state index contributed by atoms with van der Waals surface area (Å²) in [6, 6.07) is 16.1. The minimum Gasteiger partial charge on any atom is -0.497 e. The maximum Gasteiger partial charge on any atom is 0.128 e. The Bertz CT molecular complexity index is 793. The van der Waals surface area contributed by atoms with Crippen molar-refractivity contribution in [1.29, 1.82) is 0 Å². The molecule has 114 valence electrons. The van der Waals surface area contributed by atoms with E-state index in [2.05, 4.69) is 35.9 Å². The first kappa shape index (κ1) is 14.5. The van der Waals surface area contributed by atoms with Gasteiger partial charge in [0.25, 0.3) is 0 Å². The van der Waals surface area contributed by atoms with Crippen molar-refractivity contribution < 1.29 is 9.47 Å². The van der Waals surface area contributed by atoms with Gasteiger partial charge in [-0.15, -0.1) is 0 Å². The zero-order chi connectivity index (χ0) is 15.5. The fraction of sp³-hybridized carbons (Fsp3) is 0.222. The average molecular weight is 296 g/mol. The van der Waals surface area contributed by atoms with Crippen LogP contribution in [0, 0.1) is 0 Å². The maximum absolute atomic E-state index is 5.88. The lowest BCUT2D eigenvalue weighted by Gasteiger charge is -2.08. The van der Waals surface area contributed by atoms with Gasteiger partial charge in [0, 0.05) is 30.6 Å². The number of nitrogens with two attached hydrogens (primary N) is 1. The van der Waals surface area contributed by atoms with Crippen LogP contribution in [-0.4, -0.2) is 11.7 Å². The highest BCUT2D eigenvalue weighted by atomic mass is 16.5. The first-order valence-corrected chi connectivity index (χ1v) is 7.25. The third-order valence-electron chi connectivity index (χ3n) is 3.87. The Morgan fingerprint density at radius 1 is 1.05 bits per heavy atom. The van der Waals surface area contributed by atoms with Gasteiger partial charge in [-0.2, -0.15) is 0 Å². The molecule has 0 radical (unpaired) electrons. The normalized spacial score (nSPS) is 10.9. The van der Waals surface area contributed by atoms with Gasteiger partial charge in [0.2, 0.25) is 0 Å². The molecule has 0 aliphatic heterocycles. The van der Waals surface area contributed by atoms with E-state index in [1.54, 1.807) is 7.11 Å². The lowest BCUT2D eigenvalue weighted by molar-refractivity contribution is 0.295. The Kier molecular flexibility index (Phi) is 4.02. The minimum atomic E-state index is 0.510. The van der Waals surface area contributed by atoms with Crippen LogP contribution < -0.4 is 15.2 Å². The topological polar surface area (TPSA) is 49.4 Å². The second-order valence-electron chi connectivity index (χ2n) is 5.26. The maximum atomic E-state index is 5.88. The van der Waals surface area contributed by atoms with Crippen LogP contribution in [0.4, 0.5) is 0 Å². The third kappa shape index (κ3) is 2.78. The molecule has 1 aromatic heterocycles. The SMILES string of the molecule is COc1cccc(OCc2cc3cc(CN)ccc3n2C)c1. The van der Waals surface area contributed by atoms with Gasteiger partial charge < -0.3 is 19.8 Å². The summed E-state index contributed by atoms with van der Waals surface area (Å²) in [5, 5.41) is 1.19. The number of methoxy groups -OCH3 is 1. The number of benzene rings is 2. The molecular weight excluding hydrogens is 276 g/mol. The van der Waals surface area contributed by atoms with Gasteiger partial charge >= 0.3 is 0 Å². The van der Waals surface area contributed by atoms with Crippen LogP contribution in [0.5, 0.6) is 11.5 Å². The largest absolute Gasteiger partial charge is 0.497 e. The summed E-state index contributed by atoms with van der Waals surface area (Å²) in [4.78, 5) is 0. The van der Waals surface area contributed by atoms with Crippen molar-refractivity contribution in [2.24, 2.45) is 12.8 Å². The van der Waals surface area contributed by atoms with E-state index in [1.807, 2.05) is 24.3 Å². The highest BCUT2D eigenvalue weighted by molar-refractivity contribution is 5.82. The molecule has 0 aliphatic carbocycles. The van der Waals surface area contributed by atoms with Gasteiger partial charge in [0.05, 0.1) is 12.8 Å². The summed E-state index contributed by atoms with van der Waals surface area (Å²) in [6.07, 6.45) is 0. The molecule has 3 rings (SSSR count). The van der Waals surface area contributed by atoms with Gasteiger partial charge in [0.15, 0.2) is 0 Å². The van der Waals surface area contributed by atoms with Crippen molar-refractivity contribution in [1.82, 2.24) is 4.57 Å². The van der Waals surface area contributed by atoms with Crippen molar-refractivity contribution in [3.63, 3.8) is 0 Å². The quantitative estimate of drug-likeness (QED) is 0.786. The molecule has 22 heavy (non-hydrogen) atoms. The summed E-state index contributed by atoms with van der Waals surface area (Å²) in [5.74, 6) is 1.59. The van der Waals surface area contributed by atoms with E-state index in [9.17, 15) is 0 Å². The monoisotopic (exact) mass is 296 g/mol. The fourth-order valence-corrected chi connectivity index (χ4v) is 2.57. The minimum absolute atomic E-state index is 0.510. The molecule has 0 unspecified atom stereocenters. The molecule has 3 aromatic rings. The van der Waals surface area contributed by atoms with Crippen LogP contribution in [0.15, 0.2) is 48.5 Å². The molecule has 0 bridgehead atoms. The molecule has 0 spiro atoms. The first-order valence-electron chi connectivity index (χ1n) is 7.25.